The summed E-state index contributed by atoms with van der Waals surface area (Å²) in [6, 6.07) is 6.02. The molecule has 0 aliphatic rings. The van der Waals surface area contributed by atoms with Gasteiger partial charge in [0.2, 0.25) is 0 Å². The number of esters is 2. The number of ether oxygens (including phenoxy) is 2. The van der Waals surface area contributed by atoms with Gasteiger partial charge in [-0.3, -0.25) is 9.59 Å². The summed E-state index contributed by atoms with van der Waals surface area (Å²) in [5.74, 6) is -0.423. The average Bonchev–Trinajstić information content (AvgIpc) is 3.05. The minimum absolute atomic E-state index is 0.116. The first-order valence-electron chi connectivity index (χ1n) is 19.5. The molecule has 0 saturated heterocycles. The summed E-state index contributed by atoms with van der Waals surface area (Å²) >= 11 is 0. The predicted molar refractivity (Wildman–Crippen MR) is 194 cm³/mol. The van der Waals surface area contributed by atoms with E-state index in [1.807, 2.05) is 0 Å². The quantitative estimate of drug-likeness (QED) is 0.0361. The van der Waals surface area contributed by atoms with Crippen molar-refractivity contribution in [3.8, 4) is 11.5 Å². The zero-order valence-corrected chi connectivity index (χ0v) is 30.1. The molecule has 0 aliphatic heterocycles. The number of hydrogen-bond donors (Lipinski definition) is 0. The van der Waals surface area contributed by atoms with Gasteiger partial charge in [0.15, 0.2) is 11.5 Å². The lowest BCUT2D eigenvalue weighted by Gasteiger charge is -2.12. The monoisotopic (exact) mass is 654 g/mol. The number of carbonyl (C=O) groups is 2. The van der Waals surface area contributed by atoms with E-state index in [-0.39, 0.29) is 29.0 Å². The van der Waals surface area contributed by atoms with Gasteiger partial charge < -0.3 is 13.9 Å². The SMILES string of the molecule is CCCCCCCCCCCCCCCC(=O)Oc1cc2ccc(=O)oc2cc1OC(=O)CCCCCCCCCCCCCCC. The van der Waals surface area contributed by atoms with Crippen molar-refractivity contribution in [1.29, 1.82) is 0 Å². The molecular formula is C41H66O6. The molecule has 2 rings (SSSR count). The third-order valence-corrected chi connectivity index (χ3v) is 9.10. The van der Waals surface area contributed by atoms with Crippen molar-refractivity contribution < 1.29 is 23.5 Å². The molecule has 6 nitrogen and oxygen atoms in total. The normalized spacial score (nSPS) is 11.3. The lowest BCUT2D eigenvalue weighted by molar-refractivity contribution is -0.137. The molecule has 266 valence electrons. The Hall–Kier alpha value is -2.63. The Bertz CT molecular complexity index is 1150. The Kier molecular flexibility index (Phi) is 23.6. The largest absolute Gasteiger partial charge is 0.423 e. The van der Waals surface area contributed by atoms with E-state index >= 15 is 0 Å². The third-order valence-electron chi connectivity index (χ3n) is 9.10. The van der Waals surface area contributed by atoms with Crippen LogP contribution in [0.5, 0.6) is 11.5 Å². The minimum atomic E-state index is -0.492. The smallest absolute Gasteiger partial charge is 0.336 e. The second-order valence-electron chi connectivity index (χ2n) is 13.5. The van der Waals surface area contributed by atoms with Crippen LogP contribution < -0.4 is 15.1 Å². The van der Waals surface area contributed by atoms with E-state index in [9.17, 15) is 14.4 Å². The third kappa shape index (κ3) is 20.4. The molecule has 0 saturated carbocycles. The Morgan fingerprint density at radius 2 is 0.830 bits per heavy atom. The molecule has 0 N–H and O–H groups in total. The first-order chi connectivity index (χ1) is 23.0. The fraction of sp³-hybridized carbons (Fsp3) is 0.732. The highest BCUT2D eigenvalue weighted by atomic mass is 16.6. The molecule has 0 bridgehead atoms. The summed E-state index contributed by atoms with van der Waals surface area (Å²) in [5, 5.41) is 0.602. The van der Waals surface area contributed by atoms with Crippen LogP contribution in [0.3, 0.4) is 0 Å². The van der Waals surface area contributed by atoms with Crippen molar-refractivity contribution in [1.82, 2.24) is 0 Å². The molecule has 0 amide bonds. The Balaban J connectivity index is 1.66. The minimum Gasteiger partial charge on any atom is -0.423 e. The summed E-state index contributed by atoms with van der Waals surface area (Å²) in [4.78, 5) is 37.2. The zero-order chi connectivity index (χ0) is 33.8. The van der Waals surface area contributed by atoms with Crippen molar-refractivity contribution in [2.45, 2.75) is 194 Å². The first kappa shape index (κ1) is 40.5. The molecule has 47 heavy (non-hydrogen) atoms. The Labute approximate surface area is 285 Å². The highest BCUT2D eigenvalue weighted by molar-refractivity contribution is 5.84. The van der Waals surface area contributed by atoms with E-state index in [2.05, 4.69) is 13.8 Å². The molecule has 0 aliphatic carbocycles. The number of rotatable bonds is 30. The maximum absolute atomic E-state index is 12.7. The number of carbonyl (C=O) groups excluding carboxylic acids is 2. The van der Waals surface area contributed by atoms with Crippen LogP contribution >= 0.6 is 0 Å². The van der Waals surface area contributed by atoms with Crippen LogP contribution in [-0.4, -0.2) is 11.9 Å². The Morgan fingerprint density at radius 3 is 1.21 bits per heavy atom. The predicted octanol–water partition coefficient (Wildman–Crippen LogP) is 12.6. The molecule has 6 heteroatoms. The number of hydrogen-bond acceptors (Lipinski definition) is 6. The summed E-state index contributed by atoms with van der Waals surface area (Å²) < 4.78 is 16.6. The van der Waals surface area contributed by atoms with Crippen molar-refractivity contribution in [2.75, 3.05) is 0 Å². The van der Waals surface area contributed by atoms with Crippen LogP contribution in [0, 0.1) is 0 Å². The first-order valence-corrected chi connectivity index (χ1v) is 19.5. The van der Waals surface area contributed by atoms with Crippen LogP contribution in [0.2, 0.25) is 0 Å². The van der Waals surface area contributed by atoms with Crippen LogP contribution in [0.25, 0.3) is 11.0 Å². The fourth-order valence-electron chi connectivity index (χ4n) is 6.16. The zero-order valence-electron chi connectivity index (χ0n) is 30.1. The van der Waals surface area contributed by atoms with Crippen molar-refractivity contribution in [3.05, 3.63) is 34.7 Å². The summed E-state index contributed by atoms with van der Waals surface area (Å²) in [6.45, 7) is 4.51. The Morgan fingerprint density at radius 1 is 0.489 bits per heavy atom. The van der Waals surface area contributed by atoms with Gasteiger partial charge in [0.25, 0.3) is 0 Å². The van der Waals surface area contributed by atoms with E-state index < -0.39 is 5.63 Å². The number of unbranched alkanes of at least 4 members (excludes halogenated alkanes) is 24. The van der Waals surface area contributed by atoms with Gasteiger partial charge in [0.1, 0.15) is 5.58 Å². The molecule has 0 atom stereocenters. The van der Waals surface area contributed by atoms with Crippen LogP contribution in [0.4, 0.5) is 0 Å². The van der Waals surface area contributed by atoms with Crippen LogP contribution in [0.15, 0.2) is 33.5 Å². The molecule has 0 radical (unpaired) electrons. The van der Waals surface area contributed by atoms with Gasteiger partial charge in [-0.25, -0.2) is 4.79 Å². The van der Waals surface area contributed by atoms with Crippen molar-refractivity contribution in [3.63, 3.8) is 0 Å². The van der Waals surface area contributed by atoms with Crippen LogP contribution in [0.1, 0.15) is 194 Å². The van der Waals surface area contributed by atoms with E-state index in [1.54, 1.807) is 12.1 Å². The number of fused-ring (bicyclic) bond motifs is 1. The maximum Gasteiger partial charge on any atom is 0.336 e. The molecule has 0 fully saturated rings. The van der Waals surface area contributed by atoms with Gasteiger partial charge in [0.05, 0.1) is 0 Å². The van der Waals surface area contributed by atoms with Gasteiger partial charge >= 0.3 is 17.6 Å². The number of benzene rings is 1. The molecule has 1 aromatic heterocycles. The second-order valence-corrected chi connectivity index (χ2v) is 13.5. The highest BCUT2D eigenvalue weighted by Gasteiger charge is 2.17. The van der Waals surface area contributed by atoms with E-state index in [1.165, 1.54) is 141 Å². The van der Waals surface area contributed by atoms with Crippen LogP contribution in [-0.2, 0) is 9.59 Å². The lowest BCUT2D eigenvalue weighted by Crippen LogP contribution is -2.12. The topological polar surface area (TPSA) is 82.8 Å². The van der Waals surface area contributed by atoms with E-state index in [0.29, 0.717) is 18.2 Å². The second kappa shape index (κ2) is 27.3. The molecule has 2 aromatic rings. The lowest BCUT2D eigenvalue weighted by atomic mass is 10.0. The van der Waals surface area contributed by atoms with E-state index in [4.69, 9.17) is 13.9 Å². The summed E-state index contributed by atoms with van der Waals surface area (Å²) in [5.41, 5.74) is -0.202. The molecule has 1 heterocycles. The standard InChI is InChI=1S/C41H66O6/c1-3-5-7-9-11-13-15-17-19-21-23-25-27-29-39(42)46-37-33-35-31-32-41(44)45-36(35)34-38(37)47-40(43)30-28-26-24-22-20-18-16-14-12-10-8-6-4-2/h31-34H,3-30H2,1-2H3. The molecule has 1 aromatic carbocycles. The van der Waals surface area contributed by atoms with Gasteiger partial charge in [-0.2, -0.15) is 0 Å². The van der Waals surface area contributed by atoms with Crippen molar-refractivity contribution >= 4 is 22.9 Å². The summed E-state index contributed by atoms with van der Waals surface area (Å²) in [6.07, 6.45) is 32.8. The van der Waals surface area contributed by atoms with Gasteiger partial charge in [0, 0.05) is 30.4 Å². The van der Waals surface area contributed by atoms with E-state index in [0.717, 1.165) is 38.5 Å². The van der Waals surface area contributed by atoms with Crippen molar-refractivity contribution in [2.24, 2.45) is 0 Å². The van der Waals surface area contributed by atoms with Gasteiger partial charge in [-0.15, -0.1) is 0 Å². The fourth-order valence-corrected chi connectivity index (χ4v) is 6.16. The summed E-state index contributed by atoms with van der Waals surface area (Å²) in [7, 11) is 0. The molecular weight excluding hydrogens is 588 g/mol. The van der Waals surface area contributed by atoms with Gasteiger partial charge in [-0.1, -0.05) is 168 Å². The highest BCUT2D eigenvalue weighted by Crippen LogP contribution is 2.33. The maximum atomic E-state index is 12.7. The molecule has 0 spiro atoms. The average molecular weight is 655 g/mol. The van der Waals surface area contributed by atoms with Gasteiger partial charge in [-0.05, 0) is 25.0 Å². The molecule has 0 unspecified atom stereocenters.